The number of aromatic nitrogens is 2. The largest absolute Gasteiger partial charge is 0.253 e. The van der Waals surface area contributed by atoms with Gasteiger partial charge in [0.05, 0.1) is 16.7 Å². The average molecular weight is 298 g/mol. The summed E-state index contributed by atoms with van der Waals surface area (Å²) >= 11 is 2.28. The highest BCUT2D eigenvalue weighted by molar-refractivity contribution is 14.1. The van der Waals surface area contributed by atoms with E-state index in [9.17, 15) is 0 Å². The Bertz CT molecular complexity index is 466. The van der Waals surface area contributed by atoms with Gasteiger partial charge < -0.3 is 0 Å². The van der Waals surface area contributed by atoms with Gasteiger partial charge in [0, 0.05) is 9.77 Å². The summed E-state index contributed by atoms with van der Waals surface area (Å²) in [6.07, 6.45) is 1.86. The molecule has 0 spiro atoms. The molecule has 0 aliphatic carbocycles. The number of fused-ring (bicyclic) bond motifs is 1. The van der Waals surface area contributed by atoms with Crippen LogP contribution >= 0.6 is 22.6 Å². The molecule has 0 aliphatic heterocycles. The summed E-state index contributed by atoms with van der Waals surface area (Å²) in [7, 11) is 0. The van der Waals surface area contributed by atoms with Gasteiger partial charge in [-0.25, -0.2) is 4.98 Å². The second-order valence-corrected chi connectivity index (χ2v) is 4.83. The fourth-order valence-electron chi connectivity index (χ4n) is 1.28. The predicted molar refractivity (Wildman–Crippen MR) is 66.3 cm³/mol. The number of halogens is 1. The summed E-state index contributed by atoms with van der Waals surface area (Å²) in [5.74, 6) is 0.436. The summed E-state index contributed by atoms with van der Waals surface area (Å²) in [4.78, 5) is 8.95. The molecule has 0 N–H and O–H groups in total. The van der Waals surface area contributed by atoms with Crippen molar-refractivity contribution in [2.24, 2.45) is 0 Å². The number of rotatable bonds is 1. The molecule has 3 heteroatoms. The van der Waals surface area contributed by atoms with Gasteiger partial charge in [0.1, 0.15) is 0 Å². The third kappa shape index (κ3) is 1.87. The Balaban J connectivity index is 2.62. The van der Waals surface area contributed by atoms with E-state index in [2.05, 4.69) is 52.5 Å². The minimum atomic E-state index is 0.436. The molecule has 1 aromatic carbocycles. The van der Waals surface area contributed by atoms with Crippen molar-refractivity contribution >= 4 is 33.6 Å². The van der Waals surface area contributed by atoms with Crippen molar-refractivity contribution in [1.29, 1.82) is 0 Å². The van der Waals surface area contributed by atoms with E-state index in [1.165, 1.54) is 3.57 Å². The SMILES string of the molecule is CC(C)c1cnc2cc(I)ccc2n1. The summed E-state index contributed by atoms with van der Waals surface area (Å²) in [6, 6.07) is 6.13. The van der Waals surface area contributed by atoms with Gasteiger partial charge in [-0.1, -0.05) is 13.8 Å². The van der Waals surface area contributed by atoms with E-state index in [0.29, 0.717) is 5.92 Å². The lowest BCUT2D eigenvalue weighted by atomic mass is 10.1. The molecular weight excluding hydrogens is 287 g/mol. The first kappa shape index (κ1) is 9.83. The van der Waals surface area contributed by atoms with E-state index in [1.807, 2.05) is 18.3 Å². The zero-order valence-corrected chi connectivity index (χ0v) is 10.3. The summed E-state index contributed by atoms with van der Waals surface area (Å²) in [5.41, 5.74) is 3.01. The molecule has 2 rings (SSSR count). The summed E-state index contributed by atoms with van der Waals surface area (Å²) in [5, 5.41) is 0. The average Bonchev–Trinajstić information content (AvgIpc) is 2.16. The fraction of sp³-hybridized carbons (Fsp3) is 0.273. The Morgan fingerprint density at radius 1 is 1.21 bits per heavy atom. The minimum Gasteiger partial charge on any atom is -0.253 e. The van der Waals surface area contributed by atoms with Crippen LogP contribution in [0.5, 0.6) is 0 Å². The molecule has 1 heterocycles. The number of nitrogens with zero attached hydrogens (tertiary/aromatic N) is 2. The molecule has 0 unspecified atom stereocenters. The normalized spacial score (nSPS) is 11.1. The summed E-state index contributed by atoms with van der Waals surface area (Å²) < 4.78 is 1.20. The van der Waals surface area contributed by atoms with Crippen LogP contribution in [-0.2, 0) is 0 Å². The Morgan fingerprint density at radius 2 is 2.00 bits per heavy atom. The van der Waals surface area contributed by atoms with Crippen LogP contribution in [0.4, 0.5) is 0 Å². The van der Waals surface area contributed by atoms with Gasteiger partial charge in [-0.15, -0.1) is 0 Å². The van der Waals surface area contributed by atoms with E-state index < -0.39 is 0 Å². The predicted octanol–water partition coefficient (Wildman–Crippen LogP) is 3.36. The molecule has 0 atom stereocenters. The number of hydrogen-bond acceptors (Lipinski definition) is 2. The van der Waals surface area contributed by atoms with Gasteiger partial charge in [-0.05, 0) is 46.7 Å². The van der Waals surface area contributed by atoms with Gasteiger partial charge in [0.15, 0.2) is 0 Å². The monoisotopic (exact) mass is 298 g/mol. The maximum Gasteiger partial charge on any atom is 0.0897 e. The van der Waals surface area contributed by atoms with E-state index in [1.54, 1.807) is 0 Å². The van der Waals surface area contributed by atoms with E-state index in [4.69, 9.17) is 0 Å². The van der Waals surface area contributed by atoms with Crippen molar-refractivity contribution < 1.29 is 0 Å². The van der Waals surface area contributed by atoms with Crippen LogP contribution in [0.1, 0.15) is 25.5 Å². The maximum atomic E-state index is 4.55. The highest BCUT2D eigenvalue weighted by atomic mass is 127. The summed E-state index contributed by atoms with van der Waals surface area (Å²) in [6.45, 7) is 4.26. The minimum absolute atomic E-state index is 0.436. The third-order valence-corrected chi connectivity index (χ3v) is 2.79. The second-order valence-electron chi connectivity index (χ2n) is 3.58. The Hall–Kier alpha value is -0.710. The maximum absolute atomic E-state index is 4.55. The topological polar surface area (TPSA) is 25.8 Å². The van der Waals surface area contributed by atoms with Gasteiger partial charge in [-0.2, -0.15) is 0 Å². The van der Waals surface area contributed by atoms with Crippen LogP contribution in [0.3, 0.4) is 0 Å². The molecular formula is C11H11IN2. The zero-order chi connectivity index (χ0) is 10.1. The standard InChI is InChI=1S/C11H11IN2/c1-7(2)11-6-13-10-5-8(12)3-4-9(10)14-11/h3-7H,1-2H3. The molecule has 0 bridgehead atoms. The number of hydrogen-bond donors (Lipinski definition) is 0. The van der Waals surface area contributed by atoms with E-state index >= 15 is 0 Å². The molecule has 0 radical (unpaired) electrons. The van der Waals surface area contributed by atoms with Gasteiger partial charge in [0.25, 0.3) is 0 Å². The van der Waals surface area contributed by atoms with Gasteiger partial charge in [-0.3, -0.25) is 4.98 Å². The molecule has 1 aromatic heterocycles. The van der Waals surface area contributed by atoms with Crippen molar-refractivity contribution in [3.05, 3.63) is 33.7 Å². The van der Waals surface area contributed by atoms with Crippen LogP contribution in [0.15, 0.2) is 24.4 Å². The van der Waals surface area contributed by atoms with Crippen LogP contribution in [0, 0.1) is 3.57 Å². The molecule has 72 valence electrons. The quantitative estimate of drug-likeness (QED) is 0.754. The first-order chi connectivity index (χ1) is 6.66. The Morgan fingerprint density at radius 3 is 2.71 bits per heavy atom. The van der Waals surface area contributed by atoms with Crippen LogP contribution in [0.2, 0.25) is 0 Å². The van der Waals surface area contributed by atoms with Crippen molar-refractivity contribution in [3.63, 3.8) is 0 Å². The van der Waals surface area contributed by atoms with Crippen LogP contribution in [-0.4, -0.2) is 9.97 Å². The van der Waals surface area contributed by atoms with E-state index in [0.717, 1.165) is 16.7 Å². The van der Waals surface area contributed by atoms with Crippen LogP contribution in [0.25, 0.3) is 11.0 Å². The van der Waals surface area contributed by atoms with Crippen molar-refractivity contribution in [2.75, 3.05) is 0 Å². The van der Waals surface area contributed by atoms with E-state index in [-0.39, 0.29) is 0 Å². The number of benzene rings is 1. The Kier molecular flexibility index (Phi) is 2.67. The molecule has 0 aliphatic rings. The van der Waals surface area contributed by atoms with Crippen molar-refractivity contribution in [2.45, 2.75) is 19.8 Å². The third-order valence-electron chi connectivity index (χ3n) is 2.11. The molecule has 0 saturated carbocycles. The fourth-order valence-corrected chi connectivity index (χ4v) is 1.75. The second kappa shape index (κ2) is 3.81. The smallest absolute Gasteiger partial charge is 0.0897 e. The molecule has 2 nitrogen and oxygen atoms in total. The lowest BCUT2D eigenvalue weighted by Gasteiger charge is -2.04. The van der Waals surface area contributed by atoms with Gasteiger partial charge in [0.2, 0.25) is 0 Å². The Labute approximate surface area is 96.9 Å². The zero-order valence-electron chi connectivity index (χ0n) is 8.16. The molecule has 0 fully saturated rings. The highest BCUT2D eigenvalue weighted by Gasteiger charge is 2.03. The van der Waals surface area contributed by atoms with Gasteiger partial charge >= 0.3 is 0 Å². The molecule has 0 saturated heterocycles. The van der Waals surface area contributed by atoms with Crippen molar-refractivity contribution in [3.8, 4) is 0 Å². The molecule has 0 amide bonds. The highest BCUT2D eigenvalue weighted by Crippen LogP contribution is 2.17. The lowest BCUT2D eigenvalue weighted by molar-refractivity contribution is 0.822. The molecule has 14 heavy (non-hydrogen) atoms. The first-order valence-electron chi connectivity index (χ1n) is 4.59. The first-order valence-corrected chi connectivity index (χ1v) is 5.67. The van der Waals surface area contributed by atoms with Crippen molar-refractivity contribution in [1.82, 2.24) is 9.97 Å². The lowest BCUT2D eigenvalue weighted by Crippen LogP contribution is -1.94. The molecule has 2 aromatic rings. The van der Waals surface area contributed by atoms with Crippen LogP contribution < -0.4 is 0 Å².